The fourth-order valence-corrected chi connectivity index (χ4v) is 2.75. The Balaban J connectivity index is 1.53. The highest BCUT2D eigenvalue weighted by Crippen LogP contribution is 2.30. The van der Waals surface area contributed by atoms with Crippen LogP contribution < -0.4 is 9.64 Å². The molecule has 8 heteroatoms. The molecule has 22 heavy (non-hydrogen) atoms. The Labute approximate surface area is 127 Å². The summed E-state index contributed by atoms with van der Waals surface area (Å²) in [6.07, 6.45) is 0.937. The molecule has 0 spiro atoms. The minimum Gasteiger partial charge on any atom is -0.481 e. The summed E-state index contributed by atoms with van der Waals surface area (Å²) in [5, 5.41) is 0. The molecule has 0 unspecified atom stereocenters. The van der Waals surface area contributed by atoms with Crippen molar-refractivity contribution in [1.29, 1.82) is 0 Å². The van der Waals surface area contributed by atoms with Crippen LogP contribution in [0.25, 0.3) is 0 Å². The third kappa shape index (κ3) is 2.95. The molecule has 2 saturated heterocycles. The molecule has 1 amide bonds. The molecule has 0 aromatic carbocycles. The Morgan fingerprint density at radius 3 is 2.64 bits per heavy atom. The van der Waals surface area contributed by atoms with Crippen molar-refractivity contribution in [2.45, 2.75) is 18.8 Å². The monoisotopic (exact) mass is 312 g/mol. The second-order valence-corrected chi connectivity index (χ2v) is 5.70. The molecule has 2 aliphatic rings. The van der Waals surface area contributed by atoms with Gasteiger partial charge in [-0.2, -0.15) is 0 Å². The molecule has 0 saturated carbocycles. The normalized spacial score (nSPS) is 21.4. The summed E-state index contributed by atoms with van der Waals surface area (Å²) >= 11 is 0. The Morgan fingerprint density at radius 1 is 1.32 bits per heavy atom. The van der Waals surface area contributed by atoms with Crippen LogP contribution in [0.5, 0.6) is 5.88 Å². The second kappa shape index (κ2) is 5.66. The van der Waals surface area contributed by atoms with Gasteiger partial charge in [0.25, 0.3) is 5.92 Å². The van der Waals surface area contributed by atoms with Gasteiger partial charge in [0.2, 0.25) is 11.8 Å². The van der Waals surface area contributed by atoms with Gasteiger partial charge in [-0.25, -0.2) is 18.7 Å². The average Bonchev–Trinajstić information content (AvgIpc) is 2.46. The Hall–Kier alpha value is -1.99. The van der Waals surface area contributed by atoms with E-state index in [1.165, 1.54) is 13.4 Å². The van der Waals surface area contributed by atoms with Gasteiger partial charge in [-0.05, 0) is 0 Å². The molecule has 0 atom stereocenters. The number of carbonyl (C=O) groups is 1. The van der Waals surface area contributed by atoms with Gasteiger partial charge in [0.15, 0.2) is 0 Å². The number of hydrogen-bond donors (Lipinski definition) is 0. The number of rotatable bonds is 3. The van der Waals surface area contributed by atoms with Crippen molar-refractivity contribution in [3.8, 4) is 5.88 Å². The summed E-state index contributed by atoms with van der Waals surface area (Å²) in [6.45, 7) is 1.38. The standard InChI is InChI=1S/C14H18F2N4O2/c1-22-12-6-11(17-9-18-12)20-7-10(8-20)13(21)19-4-2-14(15,16)3-5-19/h6,9-10H,2-5,7-8H2,1H3. The molecule has 0 bridgehead atoms. The van der Waals surface area contributed by atoms with Gasteiger partial charge >= 0.3 is 0 Å². The number of hydrogen-bond acceptors (Lipinski definition) is 5. The fraction of sp³-hybridized carbons (Fsp3) is 0.643. The summed E-state index contributed by atoms with van der Waals surface area (Å²) in [5.74, 6) is -1.63. The number of nitrogens with zero attached hydrogens (tertiary/aromatic N) is 4. The maximum atomic E-state index is 13.1. The van der Waals surface area contributed by atoms with Crippen LogP contribution in [0.4, 0.5) is 14.6 Å². The Bertz CT molecular complexity index is 554. The third-order valence-corrected chi connectivity index (χ3v) is 4.20. The molecule has 2 fully saturated rings. The number of halogens is 2. The summed E-state index contributed by atoms with van der Waals surface area (Å²) in [5.41, 5.74) is 0. The Morgan fingerprint density at radius 2 is 2.00 bits per heavy atom. The van der Waals surface area contributed by atoms with Gasteiger partial charge in [0.1, 0.15) is 12.1 Å². The molecular formula is C14H18F2N4O2. The zero-order valence-electron chi connectivity index (χ0n) is 12.3. The molecule has 1 aromatic rings. The first-order chi connectivity index (χ1) is 10.5. The molecular weight excluding hydrogens is 294 g/mol. The predicted molar refractivity (Wildman–Crippen MR) is 75.0 cm³/mol. The maximum absolute atomic E-state index is 13.1. The lowest BCUT2D eigenvalue weighted by atomic mass is 9.96. The van der Waals surface area contributed by atoms with E-state index < -0.39 is 5.92 Å². The van der Waals surface area contributed by atoms with Crippen molar-refractivity contribution in [3.63, 3.8) is 0 Å². The summed E-state index contributed by atoms with van der Waals surface area (Å²) < 4.78 is 31.3. The van der Waals surface area contributed by atoms with Crippen molar-refractivity contribution in [2.24, 2.45) is 5.92 Å². The van der Waals surface area contributed by atoms with E-state index in [9.17, 15) is 13.6 Å². The summed E-state index contributed by atoms with van der Waals surface area (Å²) in [4.78, 5) is 23.9. The molecule has 120 valence electrons. The highest BCUT2D eigenvalue weighted by atomic mass is 19.3. The molecule has 2 aliphatic heterocycles. The van der Waals surface area contributed by atoms with Crippen LogP contribution in [-0.4, -0.2) is 60.0 Å². The number of likely N-dealkylation sites (tertiary alicyclic amines) is 1. The number of anilines is 1. The molecule has 0 radical (unpaired) electrons. The zero-order valence-corrected chi connectivity index (χ0v) is 12.3. The highest BCUT2D eigenvalue weighted by Gasteiger charge is 2.40. The SMILES string of the molecule is COc1cc(N2CC(C(=O)N3CCC(F)(F)CC3)C2)ncn1. The van der Waals surface area contributed by atoms with Gasteiger partial charge < -0.3 is 14.5 Å². The maximum Gasteiger partial charge on any atom is 0.251 e. The predicted octanol–water partition coefficient (Wildman–Crippen LogP) is 1.18. The fourth-order valence-electron chi connectivity index (χ4n) is 2.75. The van der Waals surface area contributed by atoms with Gasteiger partial charge in [-0.15, -0.1) is 0 Å². The quantitative estimate of drug-likeness (QED) is 0.839. The molecule has 1 aromatic heterocycles. The van der Waals surface area contributed by atoms with Crippen LogP contribution in [0.2, 0.25) is 0 Å². The van der Waals surface area contributed by atoms with Crippen molar-refractivity contribution in [2.75, 3.05) is 38.2 Å². The van der Waals surface area contributed by atoms with Gasteiger partial charge in [0.05, 0.1) is 13.0 Å². The van der Waals surface area contributed by atoms with Gasteiger partial charge in [-0.3, -0.25) is 4.79 Å². The molecule has 3 rings (SSSR count). The zero-order chi connectivity index (χ0) is 15.7. The number of piperidine rings is 1. The van der Waals surface area contributed by atoms with Crippen LogP contribution in [0, 0.1) is 5.92 Å². The van der Waals surface area contributed by atoms with E-state index in [2.05, 4.69) is 9.97 Å². The first-order valence-electron chi connectivity index (χ1n) is 7.26. The average molecular weight is 312 g/mol. The summed E-state index contributed by atoms with van der Waals surface area (Å²) in [7, 11) is 1.53. The summed E-state index contributed by atoms with van der Waals surface area (Å²) in [6, 6.07) is 1.71. The molecule has 0 aliphatic carbocycles. The van der Waals surface area contributed by atoms with E-state index >= 15 is 0 Å². The minimum atomic E-state index is -2.63. The number of methoxy groups -OCH3 is 1. The number of alkyl halides is 2. The minimum absolute atomic E-state index is 0.0345. The molecule has 3 heterocycles. The number of carbonyl (C=O) groups excluding carboxylic acids is 1. The van der Waals surface area contributed by atoms with Crippen molar-refractivity contribution in [1.82, 2.24) is 14.9 Å². The van der Waals surface area contributed by atoms with Crippen molar-refractivity contribution < 1.29 is 18.3 Å². The van der Waals surface area contributed by atoms with Gasteiger partial charge in [0, 0.05) is 45.1 Å². The van der Waals surface area contributed by atoms with Crippen molar-refractivity contribution in [3.05, 3.63) is 12.4 Å². The highest BCUT2D eigenvalue weighted by molar-refractivity contribution is 5.82. The van der Waals surface area contributed by atoms with Crippen LogP contribution >= 0.6 is 0 Å². The van der Waals surface area contributed by atoms with E-state index in [1.54, 1.807) is 11.0 Å². The number of aromatic nitrogens is 2. The van der Waals surface area contributed by atoms with E-state index in [0.29, 0.717) is 24.8 Å². The second-order valence-electron chi connectivity index (χ2n) is 5.70. The van der Waals surface area contributed by atoms with Gasteiger partial charge in [-0.1, -0.05) is 0 Å². The van der Waals surface area contributed by atoms with E-state index in [1.807, 2.05) is 4.90 Å². The van der Waals surface area contributed by atoms with E-state index in [4.69, 9.17) is 4.74 Å². The van der Waals surface area contributed by atoms with Crippen LogP contribution in [0.1, 0.15) is 12.8 Å². The largest absolute Gasteiger partial charge is 0.481 e. The lowest BCUT2D eigenvalue weighted by Crippen LogP contribution is -2.56. The third-order valence-electron chi connectivity index (χ3n) is 4.20. The van der Waals surface area contributed by atoms with Crippen LogP contribution in [0.3, 0.4) is 0 Å². The first-order valence-corrected chi connectivity index (χ1v) is 7.26. The van der Waals surface area contributed by atoms with Crippen LogP contribution in [-0.2, 0) is 4.79 Å². The van der Waals surface area contributed by atoms with E-state index in [0.717, 1.165) is 0 Å². The molecule has 0 N–H and O–H groups in total. The lowest BCUT2D eigenvalue weighted by Gasteiger charge is -2.42. The van der Waals surface area contributed by atoms with E-state index in [-0.39, 0.29) is 37.8 Å². The number of amides is 1. The smallest absolute Gasteiger partial charge is 0.251 e. The molecule has 6 nitrogen and oxygen atoms in total. The Kier molecular flexibility index (Phi) is 3.84. The topological polar surface area (TPSA) is 58.6 Å². The first kappa shape index (κ1) is 14.9. The van der Waals surface area contributed by atoms with Crippen molar-refractivity contribution >= 4 is 11.7 Å². The lowest BCUT2D eigenvalue weighted by molar-refractivity contribution is -0.142. The number of ether oxygens (including phenoxy) is 1. The van der Waals surface area contributed by atoms with Crippen LogP contribution in [0.15, 0.2) is 12.4 Å².